The van der Waals surface area contributed by atoms with E-state index in [9.17, 15) is 4.79 Å². The Labute approximate surface area is 152 Å². The summed E-state index contributed by atoms with van der Waals surface area (Å²) in [6.07, 6.45) is 1.65. The number of aromatic nitrogens is 1. The van der Waals surface area contributed by atoms with Crippen molar-refractivity contribution in [3.05, 3.63) is 83.1 Å². The first-order valence-corrected chi connectivity index (χ1v) is 8.25. The lowest BCUT2D eigenvalue weighted by Crippen LogP contribution is -2.26. The van der Waals surface area contributed by atoms with E-state index in [0.717, 1.165) is 22.6 Å². The number of benzene rings is 2. The van der Waals surface area contributed by atoms with Gasteiger partial charge in [-0.15, -0.1) is 0 Å². The van der Waals surface area contributed by atoms with E-state index in [1.54, 1.807) is 24.2 Å². The zero-order valence-corrected chi connectivity index (χ0v) is 14.8. The number of rotatable bonds is 4. The van der Waals surface area contributed by atoms with Crippen LogP contribution in [0.15, 0.2) is 66.9 Å². The Kier molecular flexibility index (Phi) is 5.00. The SMILES string of the molecule is Cc1c(Cl)cccc1Nc1ccc(C(=O)N(C)c2ccccc2)nc1. The number of nitrogens with zero attached hydrogens (tertiary/aromatic N) is 2. The number of para-hydroxylation sites is 1. The van der Waals surface area contributed by atoms with Crippen LogP contribution in [0.5, 0.6) is 0 Å². The lowest BCUT2D eigenvalue weighted by molar-refractivity contribution is 0.0988. The highest BCUT2D eigenvalue weighted by atomic mass is 35.5. The molecule has 126 valence electrons. The lowest BCUT2D eigenvalue weighted by atomic mass is 10.2. The minimum absolute atomic E-state index is 0.156. The van der Waals surface area contributed by atoms with Gasteiger partial charge in [-0.05, 0) is 48.9 Å². The van der Waals surface area contributed by atoms with Crippen LogP contribution in [0.25, 0.3) is 0 Å². The van der Waals surface area contributed by atoms with Crippen molar-refractivity contribution in [2.24, 2.45) is 0 Å². The fraction of sp³-hybridized carbons (Fsp3) is 0.100. The van der Waals surface area contributed by atoms with Crippen LogP contribution >= 0.6 is 11.6 Å². The predicted molar refractivity (Wildman–Crippen MR) is 103 cm³/mol. The van der Waals surface area contributed by atoms with Gasteiger partial charge in [-0.1, -0.05) is 35.9 Å². The van der Waals surface area contributed by atoms with Crippen LogP contribution in [0.2, 0.25) is 5.02 Å². The van der Waals surface area contributed by atoms with E-state index in [0.29, 0.717) is 10.7 Å². The zero-order chi connectivity index (χ0) is 17.8. The quantitative estimate of drug-likeness (QED) is 0.714. The average molecular weight is 352 g/mol. The molecule has 1 heterocycles. The van der Waals surface area contributed by atoms with Gasteiger partial charge >= 0.3 is 0 Å². The monoisotopic (exact) mass is 351 g/mol. The van der Waals surface area contributed by atoms with E-state index in [1.165, 1.54) is 0 Å². The van der Waals surface area contributed by atoms with E-state index in [1.807, 2.05) is 61.5 Å². The Morgan fingerprint density at radius 3 is 2.48 bits per heavy atom. The van der Waals surface area contributed by atoms with Crippen LogP contribution in [0, 0.1) is 6.92 Å². The maximum atomic E-state index is 12.5. The molecule has 2 aromatic carbocycles. The molecule has 0 unspecified atom stereocenters. The number of nitrogens with one attached hydrogen (secondary N) is 1. The molecular formula is C20H18ClN3O. The average Bonchev–Trinajstić information content (AvgIpc) is 2.65. The third-order valence-corrected chi connectivity index (χ3v) is 4.39. The summed E-state index contributed by atoms with van der Waals surface area (Å²) in [6.45, 7) is 1.95. The van der Waals surface area contributed by atoms with E-state index < -0.39 is 0 Å². The van der Waals surface area contributed by atoms with E-state index in [-0.39, 0.29) is 5.91 Å². The number of anilines is 3. The molecular weight excluding hydrogens is 334 g/mol. The number of carbonyl (C=O) groups excluding carboxylic acids is 1. The highest BCUT2D eigenvalue weighted by Gasteiger charge is 2.14. The van der Waals surface area contributed by atoms with E-state index in [4.69, 9.17) is 11.6 Å². The topological polar surface area (TPSA) is 45.2 Å². The fourth-order valence-corrected chi connectivity index (χ4v) is 2.61. The Bertz CT molecular complexity index is 879. The van der Waals surface area contributed by atoms with Crippen LogP contribution in [-0.4, -0.2) is 17.9 Å². The van der Waals surface area contributed by atoms with Gasteiger partial charge in [-0.3, -0.25) is 4.79 Å². The molecule has 0 aliphatic heterocycles. The standard InChI is InChI=1S/C20H18ClN3O/c1-14-17(21)9-6-10-18(14)23-15-11-12-19(22-13-15)20(25)24(2)16-7-4-3-5-8-16/h3-13,23H,1-2H3. The summed E-state index contributed by atoms with van der Waals surface area (Å²) in [5.41, 5.74) is 3.89. The van der Waals surface area contributed by atoms with Gasteiger partial charge in [0.1, 0.15) is 5.69 Å². The molecule has 0 saturated heterocycles. The molecule has 1 N–H and O–H groups in total. The highest BCUT2D eigenvalue weighted by Crippen LogP contribution is 2.26. The van der Waals surface area contributed by atoms with Crippen molar-refractivity contribution in [1.29, 1.82) is 0 Å². The van der Waals surface area contributed by atoms with Crippen LogP contribution in [-0.2, 0) is 0 Å². The number of amides is 1. The third-order valence-electron chi connectivity index (χ3n) is 3.98. The van der Waals surface area contributed by atoms with Crippen LogP contribution in [0.4, 0.5) is 17.1 Å². The van der Waals surface area contributed by atoms with Crippen molar-refractivity contribution in [1.82, 2.24) is 4.98 Å². The highest BCUT2D eigenvalue weighted by molar-refractivity contribution is 6.31. The smallest absolute Gasteiger partial charge is 0.276 e. The van der Waals surface area contributed by atoms with E-state index >= 15 is 0 Å². The molecule has 1 aromatic heterocycles. The number of halogens is 1. The van der Waals surface area contributed by atoms with Crippen molar-refractivity contribution < 1.29 is 4.79 Å². The molecule has 4 nitrogen and oxygen atoms in total. The maximum Gasteiger partial charge on any atom is 0.276 e. The summed E-state index contributed by atoms with van der Waals surface area (Å²) in [4.78, 5) is 18.4. The molecule has 0 aliphatic rings. The Morgan fingerprint density at radius 1 is 1.04 bits per heavy atom. The molecule has 1 amide bonds. The Hall–Kier alpha value is -2.85. The second kappa shape index (κ2) is 7.36. The molecule has 0 spiro atoms. The van der Waals surface area contributed by atoms with Gasteiger partial charge in [0, 0.05) is 23.4 Å². The minimum Gasteiger partial charge on any atom is -0.354 e. The number of carbonyl (C=O) groups is 1. The summed E-state index contributed by atoms with van der Waals surface area (Å²) in [7, 11) is 1.74. The van der Waals surface area contributed by atoms with Gasteiger partial charge in [0.05, 0.1) is 11.9 Å². The van der Waals surface area contributed by atoms with E-state index in [2.05, 4.69) is 10.3 Å². The molecule has 0 saturated carbocycles. The van der Waals surface area contributed by atoms with Crippen molar-refractivity contribution in [2.75, 3.05) is 17.3 Å². The summed E-state index contributed by atoms with van der Waals surface area (Å²) in [6, 6.07) is 18.7. The largest absolute Gasteiger partial charge is 0.354 e. The Morgan fingerprint density at radius 2 is 1.80 bits per heavy atom. The second-order valence-corrected chi connectivity index (χ2v) is 6.08. The molecule has 25 heavy (non-hydrogen) atoms. The first-order chi connectivity index (χ1) is 12.1. The summed E-state index contributed by atoms with van der Waals surface area (Å²) in [5, 5.41) is 3.97. The zero-order valence-electron chi connectivity index (χ0n) is 14.0. The van der Waals surface area contributed by atoms with Crippen molar-refractivity contribution in [3.63, 3.8) is 0 Å². The molecule has 0 radical (unpaired) electrons. The molecule has 3 rings (SSSR count). The van der Waals surface area contributed by atoms with Crippen molar-refractivity contribution >= 4 is 34.6 Å². The Balaban J connectivity index is 1.76. The third kappa shape index (κ3) is 3.80. The summed E-state index contributed by atoms with van der Waals surface area (Å²) in [5.74, 6) is -0.156. The summed E-state index contributed by atoms with van der Waals surface area (Å²) >= 11 is 6.13. The molecule has 0 aliphatic carbocycles. The molecule has 3 aromatic rings. The van der Waals surface area contributed by atoms with Crippen LogP contribution in [0.3, 0.4) is 0 Å². The molecule has 5 heteroatoms. The van der Waals surface area contributed by atoms with Gasteiger partial charge in [-0.2, -0.15) is 0 Å². The minimum atomic E-state index is -0.156. The maximum absolute atomic E-state index is 12.5. The molecule has 0 fully saturated rings. The number of hydrogen-bond acceptors (Lipinski definition) is 3. The van der Waals surface area contributed by atoms with Gasteiger partial charge in [0.2, 0.25) is 0 Å². The van der Waals surface area contributed by atoms with Gasteiger partial charge in [-0.25, -0.2) is 4.98 Å². The lowest BCUT2D eigenvalue weighted by Gasteiger charge is -2.17. The van der Waals surface area contributed by atoms with Crippen molar-refractivity contribution in [3.8, 4) is 0 Å². The fourth-order valence-electron chi connectivity index (χ4n) is 2.43. The van der Waals surface area contributed by atoms with Crippen LogP contribution < -0.4 is 10.2 Å². The predicted octanol–water partition coefficient (Wildman–Crippen LogP) is 5.06. The second-order valence-electron chi connectivity index (χ2n) is 5.67. The van der Waals surface area contributed by atoms with Crippen molar-refractivity contribution in [2.45, 2.75) is 6.92 Å². The molecule has 0 bridgehead atoms. The van der Waals surface area contributed by atoms with Gasteiger partial charge in [0.15, 0.2) is 0 Å². The first kappa shape index (κ1) is 17.0. The van der Waals surface area contributed by atoms with Crippen LogP contribution in [0.1, 0.15) is 16.1 Å². The molecule has 0 atom stereocenters. The summed E-state index contributed by atoms with van der Waals surface area (Å²) < 4.78 is 0. The van der Waals surface area contributed by atoms with Gasteiger partial charge in [0.25, 0.3) is 5.91 Å². The van der Waals surface area contributed by atoms with Gasteiger partial charge < -0.3 is 10.2 Å². The number of pyridine rings is 1. The number of hydrogen-bond donors (Lipinski definition) is 1. The normalized spacial score (nSPS) is 10.4. The first-order valence-electron chi connectivity index (χ1n) is 7.87.